The molecule has 0 atom stereocenters. The van der Waals surface area contributed by atoms with Crippen molar-refractivity contribution in [2.75, 3.05) is 10.7 Å². The van der Waals surface area contributed by atoms with Gasteiger partial charge in [-0.1, -0.05) is 50.4 Å². The second-order valence-electron chi connectivity index (χ2n) is 4.31. The first-order valence-electron chi connectivity index (χ1n) is 5.77. The van der Waals surface area contributed by atoms with Crippen LogP contribution in [-0.2, 0) is 0 Å². The van der Waals surface area contributed by atoms with E-state index < -0.39 is 16.4 Å². The van der Waals surface area contributed by atoms with Crippen molar-refractivity contribution >= 4 is 55.1 Å². The minimum absolute atomic E-state index is 0.157. The molecular weight excluding hydrogens is 415 g/mol. The number of hydrogen-bond donors (Lipinski definition) is 1. The summed E-state index contributed by atoms with van der Waals surface area (Å²) in [5.41, 5.74) is -0.486. The monoisotopic (exact) mass is 426 g/mol. The van der Waals surface area contributed by atoms with Crippen LogP contribution in [0.4, 0.5) is 5.69 Å². The number of nitro benzene ring substituents is 1. The number of halogens is 3. The molecule has 0 bridgehead atoms. The van der Waals surface area contributed by atoms with Gasteiger partial charge in [0.25, 0.3) is 11.6 Å². The van der Waals surface area contributed by atoms with E-state index in [2.05, 4.69) is 37.2 Å². The maximum atomic E-state index is 12.2. The Morgan fingerprint density at radius 3 is 2.45 bits per heavy atom. The second kappa shape index (κ2) is 7.38. The van der Waals surface area contributed by atoms with Crippen LogP contribution in [0.5, 0.6) is 0 Å². The quantitative estimate of drug-likeness (QED) is 0.424. The Morgan fingerprint density at radius 1 is 1.40 bits per heavy atom. The summed E-state index contributed by atoms with van der Waals surface area (Å²) in [6, 6.07) is 3.83. The van der Waals surface area contributed by atoms with Crippen molar-refractivity contribution in [1.82, 2.24) is 5.32 Å². The fraction of sp³-hybridized carbons (Fsp3) is 0.417. The normalized spacial score (nSPS) is 11.2. The lowest BCUT2D eigenvalue weighted by Gasteiger charge is -2.30. The average Bonchev–Trinajstić information content (AvgIpc) is 2.44. The molecule has 110 valence electrons. The van der Waals surface area contributed by atoms with Crippen LogP contribution in [0.25, 0.3) is 0 Å². The molecule has 0 heterocycles. The Bertz CT molecular complexity index is 513. The van der Waals surface area contributed by atoms with E-state index in [1.54, 1.807) is 0 Å². The first-order valence-corrected chi connectivity index (χ1v) is 8.39. The summed E-state index contributed by atoms with van der Waals surface area (Å²) in [5, 5.41) is 14.9. The summed E-state index contributed by atoms with van der Waals surface area (Å²) in [5.74, 6) is -0.392. The fourth-order valence-electron chi connectivity index (χ4n) is 1.50. The van der Waals surface area contributed by atoms with Gasteiger partial charge in [0.15, 0.2) is 0 Å². The lowest BCUT2D eigenvalue weighted by atomic mass is 10.0. The van der Waals surface area contributed by atoms with E-state index in [1.165, 1.54) is 18.2 Å². The number of nitrogens with one attached hydrogen (secondary N) is 1. The third-order valence-corrected chi connectivity index (χ3v) is 5.29. The van der Waals surface area contributed by atoms with E-state index in [9.17, 15) is 14.9 Å². The number of non-ortho nitro benzene ring substituents is 1. The molecule has 20 heavy (non-hydrogen) atoms. The van der Waals surface area contributed by atoms with Gasteiger partial charge in [0, 0.05) is 33.4 Å². The zero-order chi connectivity index (χ0) is 15.3. The van der Waals surface area contributed by atoms with E-state index in [1.807, 2.05) is 6.92 Å². The van der Waals surface area contributed by atoms with Gasteiger partial charge in [-0.2, -0.15) is 0 Å². The van der Waals surface area contributed by atoms with Gasteiger partial charge in [0.2, 0.25) is 0 Å². The van der Waals surface area contributed by atoms with Crippen molar-refractivity contribution in [3.63, 3.8) is 0 Å². The summed E-state index contributed by atoms with van der Waals surface area (Å²) in [6.45, 7) is 1.95. The molecule has 1 amide bonds. The molecule has 0 spiro atoms. The summed E-state index contributed by atoms with van der Waals surface area (Å²) in [7, 11) is 0. The van der Waals surface area contributed by atoms with Gasteiger partial charge in [0.1, 0.15) is 0 Å². The van der Waals surface area contributed by atoms with Crippen LogP contribution in [0.1, 0.15) is 23.7 Å². The van der Waals surface area contributed by atoms with E-state index >= 15 is 0 Å². The Balaban J connectivity index is 3.06. The zero-order valence-electron chi connectivity index (χ0n) is 10.7. The molecule has 0 aliphatic carbocycles. The van der Waals surface area contributed by atoms with Gasteiger partial charge in [-0.3, -0.25) is 14.9 Å². The maximum Gasteiger partial charge on any atom is 0.271 e. The van der Waals surface area contributed by atoms with E-state index in [0.717, 1.165) is 0 Å². The van der Waals surface area contributed by atoms with Crippen LogP contribution in [0.15, 0.2) is 18.2 Å². The topological polar surface area (TPSA) is 72.2 Å². The molecule has 1 rings (SSSR count). The van der Waals surface area contributed by atoms with Gasteiger partial charge in [-0.25, -0.2) is 0 Å². The van der Waals surface area contributed by atoms with Crippen molar-refractivity contribution in [1.29, 1.82) is 0 Å². The highest BCUT2D eigenvalue weighted by molar-refractivity contribution is 9.09. The van der Waals surface area contributed by atoms with Crippen LogP contribution < -0.4 is 5.32 Å². The maximum absolute atomic E-state index is 12.2. The van der Waals surface area contributed by atoms with E-state index in [-0.39, 0.29) is 16.3 Å². The van der Waals surface area contributed by atoms with Gasteiger partial charge in [0.05, 0.1) is 10.5 Å². The first-order chi connectivity index (χ1) is 9.37. The van der Waals surface area contributed by atoms with Gasteiger partial charge >= 0.3 is 0 Å². The number of benzene rings is 1. The number of carbonyl (C=O) groups excluding carboxylic acids is 1. The van der Waals surface area contributed by atoms with Crippen molar-refractivity contribution in [2.45, 2.75) is 18.9 Å². The molecule has 0 fully saturated rings. The van der Waals surface area contributed by atoms with Crippen LogP contribution in [-0.4, -0.2) is 27.0 Å². The van der Waals surface area contributed by atoms with Crippen molar-refractivity contribution in [3.05, 3.63) is 38.9 Å². The minimum Gasteiger partial charge on any atom is -0.345 e. The molecule has 0 aliphatic heterocycles. The zero-order valence-corrected chi connectivity index (χ0v) is 14.6. The molecule has 1 aromatic carbocycles. The van der Waals surface area contributed by atoms with Crippen molar-refractivity contribution < 1.29 is 9.72 Å². The molecule has 0 aliphatic rings. The molecule has 0 unspecified atom stereocenters. The lowest BCUT2D eigenvalue weighted by Crippen LogP contribution is -2.51. The minimum atomic E-state index is -0.579. The molecule has 1 aromatic rings. The lowest BCUT2D eigenvalue weighted by molar-refractivity contribution is -0.384. The highest BCUT2D eigenvalue weighted by Crippen LogP contribution is 2.23. The average molecular weight is 429 g/mol. The summed E-state index contributed by atoms with van der Waals surface area (Å²) >= 11 is 12.5. The number of nitrogens with zero attached hydrogens (tertiary/aromatic N) is 1. The number of rotatable bonds is 6. The highest BCUT2D eigenvalue weighted by Gasteiger charge is 2.28. The molecule has 0 aromatic heterocycles. The van der Waals surface area contributed by atoms with E-state index in [0.29, 0.717) is 17.1 Å². The predicted molar refractivity (Wildman–Crippen MR) is 86.2 cm³/mol. The Labute approximate surface area is 138 Å². The number of hydrogen-bond acceptors (Lipinski definition) is 3. The Kier molecular flexibility index (Phi) is 6.42. The molecule has 8 heteroatoms. The Hall–Kier alpha value is -0.660. The predicted octanol–water partition coefficient (Wildman–Crippen LogP) is 3.92. The SMILES string of the molecule is CCC(CBr)(CBr)NC(=O)c1cc(Cl)cc([N+](=O)[O-])c1. The third-order valence-electron chi connectivity index (χ3n) is 2.92. The molecule has 5 nitrogen and oxygen atoms in total. The van der Waals surface area contributed by atoms with Crippen LogP contribution >= 0.6 is 43.5 Å². The summed E-state index contributed by atoms with van der Waals surface area (Å²) < 4.78 is 0. The van der Waals surface area contributed by atoms with E-state index in [4.69, 9.17) is 11.6 Å². The largest absolute Gasteiger partial charge is 0.345 e. The highest BCUT2D eigenvalue weighted by atomic mass is 79.9. The van der Waals surface area contributed by atoms with Crippen molar-refractivity contribution in [2.24, 2.45) is 0 Å². The van der Waals surface area contributed by atoms with Gasteiger partial charge < -0.3 is 5.32 Å². The van der Waals surface area contributed by atoms with Crippen LogP contribution in [0, 0.1) is 10.1 Å². The van der Waals surface area contributed by atoms with Crippen LogP contribution in [0.2, 0.25) is 5.02 Å². The molecule has 0 saturated heterocycles. The smallest absolute Gasteiger partial charge is 0.271 e. The second-order valence-corrected chi connectivity index (χ2v) is 5.87. The number of amides is 1. The van der Waals surface area contributed by atoms with Gasteiger partial charge in [-0.15, -0.1) is 0 Å². The molecule has 0 radical (unpaired) electrons. The molecular formula is C12H13Br2ClN2O3. The van der Waals surface area contributed by atoms with Gasteiger partial charge in [-0.05, 0) is 12.5 Å². The summed E-state index contributed by atoms with van der Waals surface area (Å²) in [4.78, 5) is 22.4. The Morgan fingerprint density at radius 2 is 2.00 bits per heavy atom. The number of alkyl halides is 2. The van der Waals surface area contributed by atoms with Crippen LogP contribution in [0.3, 0.4) is 0 Å². The standard InChI is InChI=1S/C12H13Br2ClN2O3/c1-2-12(6-13,7-14)16-11(18)8-3-9(15)5-10(4-8)17(19)20/h3-5H,2,6-7H2,1H3,(H,16,18). The summed E-state index contributed by atoms with van der Waals surface area (Å²) in [6.07, 6.45) is 0.706. The fourth-order valence-corrected chi connectivity index (χ4v) is 3.73. The number of nitro groups is 1. The molecule has 0 saturated carbocycles. The third kappa shape index (κ3) is 4.17. The number of carbonyl (C=O) groups is 1. The first kappa shape index (κ1) is 17.4. The van der Waals surface area contributed by atoms with Crippen molar-refractivity contribution in [3.8, 4) is 0 Å². The molecule has 1 N–H and O–H groups in total.